The number of ether oxygens (including phenoxy) is 3. The number of carbonyl (C=O) groups is 2. The SMILES string of the molecule is ClCC1CO1.O=C1c2ccccc2C(c2ccc(O)cc2)(c2ccc(O)cc2)N1c1ccccc1.O=C1c2ccccc2C(c2ccc(OCC(O)CCl)cc2)(c2ccc(OCC(O)CCl)cc2)N1c1ccccc1.[3H]PC.[B]P(P)PP. The molecule has 11 nitrogen and oxygen atoms in total. The van der Waals surface area contributed by atoms with Gasteiger partial charge in [-0.3, -0.25) is 19.4 Å². The average Bonchev–Trinajstić information content (AvgIpc) is 1.79. The van der Waals surface area contributed by atoms with Gasteiger partial charge in [-0.25, -0.2) is 0 Å². The number of aromatic hydroxyl groups is 2. The number of anilines is 2. The second-order valence-corrected chi connectivity index (χ2v) is 28.4. The maximum Gasteiger partial charge on any atom is 0.260 e. The van der Waals surface area contributed by atoms with E-state index in [2.05, 4.69) is 17.9 Å². The minimum Gasteiger partial charge on any atom is -0.508 e. The van der Waals surface area contributed by atoms with E-state index < -0.39 is 23.3 Å². The van der Waals surface area contributed by atoms with Crippen LogP contribution in [0.5, 0.6) is 23.0 Å². The fraction of sp³-hybridized carbons (Fsp3) is 0.194. The average molecular weight is 1250 g/mol. The van der Waals surface area contributed by atoms with Crippen LogP contribution in [0.1, 0.15) is 54.1 Å². The van der Waals surface area contributed by atoms with Crippen molar-refractivity contribution in [1.82, 2.24) is 0 Å². The van der Waals surface area contributed by atoms with Crippen molar-refractivity contribution < 1.29 is 44.2 Å². The number of amides is 2. The molecule has 0 spiro atoms. The van der Waals surface area contributed by atoms with Crippen molar-refractivity contribution in [2.75, 3.05) is 53.9 Å². The highest BCUT2D eigenvalue weighted by Crippen LogP contribution is 2.62. The van der Waals surface area contributed by atoms with Crippen LogP contribution in [0.15, 0.2) is 206 Å². The third-order valence-corrected chi connectivity index (χ3v) is 22.2. The van der Waals surface area contributed by atoms with Gasteiger partial charge >= 0.3 is 0 Å². The van der Waals surface area contributed by atoms with Crippen LogP contribution in [0.3, 0.4) is 0 Å². The number of phenols is 2. The van der Waals surface area contributed by atoms with E-state index in [0.29, 0.717) is 43.8 Å². The maximum atomic E-state index is 14.1. The molecule has 2 amide bonds. The molecule has 8 atom stereocenters. The number of hydrogen-bond donors (Lipinski definition) is 4. The standard InChI is InChI=1S/C32H29Cl2NO5.C26H19NO3.C3H5ClO.CH5P.BH5P4/c33-18-25(36)20-39-27-14-10-22(11-15-27)32(23-12-16-28(17-13-23)40-21-26(37)19-34)30-9-5-4-8-29(30)31(38)35(32)24-6-2-1-3-7-24;28-21-14-10-18(11-15-21)26(19-12-16-22(29)17-13-19)24-9-5-4-8-23(24)25(30)27(26)20-6-2-1-3-7-20;4-1-3-2-5-3;1-2;1-5(3)4-2/h1-17,25-26,36-37H,18-21H2;1-17,28-29H;3H,1-2H2;2H2,1H3;4H,2-3H2/i;;;2T;. The van der Waals surface area contributed by atoms with E-state index in [0.717, 1.165) is 59.3 Å². The summed E-state index contributed by atoms with van der Waals surface area (Å²) in [5, 5.41) is 39.4. The molecule has 0 saturated carbocycles. The summed E-state index contributed by atoms with van der Waals surface area (Å²) < 4.78 is 22.4. The number of epoxide rings is 1. The zero-order chi connectivity index (χ0) is 59.5. The fourth-order valence-electron chi connectivity index (χ4n) is 9.63. The zero-order valence-corrected chi connectivity index (χ0v) is 52.1. The Morgan fingerprint density at radius 3 is 1.20 bits per heavy atom. The van der Waals surface area contributed by atoms with Gasteiger partial charge in [-0.1, -0.05) is 136 Å². The number of carbonyl (C=O) groups excluding carboxylic acids is 2. The molecule has 3 heterocycles. The van der Waals surface area contributed by atoms with Gasteiger partial charge in [0.25, 0.3) is 11.8 Å². The third-order valence-electron chi connectivity index (χ3n) is 13.3. The lowest BCUT2D eigenvalue weighted by molar-refractivity contribution is 0.0978. The predicted molar refractivity (Wildman–Crippen MR) is 349 cm³/mol. The Morgan fingerprint density at radius 2 is 0.915 bits per heavy atom. The summed E-state index contributed by atoms with van der Waals surface area (Å²) in [7, 11) is 11.5. The summed E-state index contributed by atoms with van der Waals surface area (Å²) in [5.41, 5.74) is 5.90. The number of para-hydroxylation sites is 2. The van der Waals surface area contributed by atoms with Crippen LogP contribution in [0.2, 0.25) is 0 Å². The molecule has 424 valence electrons. The van der Waals surface area contributed by atoms with Gasteiger partial charge in [0.1, 0.15) is 67.1 Å². The van der Waals surface area contributed by atoms with E-state index in [-0.39, 0.29) is 55.5 Å². The second kappa shape index (κ2) is 31.1. The summed E-state index contributed by atoms with van der Waals surface area (Å²) in [4.78, 5) is 31.5. The lowest BCUT2D eigenvalue weighted by atomic mass is 9.76. The van der Waals surface area contributed by atoms with Crippen molar-refractivity contribution in [3.63, 3.8) is 0 Å². The van der Waals surface area contributed by atoms with Crippen molar-refractivity contribution in [3.05, 3.63) is 251 Å². The molecule has 1 fully saturated rings. The molecule has 3 aliphatic heterocycles. The van der Waals surface area contributed by atoms with Crippen molar-refractivity contribution in [2.45, 2.75) is 29.4 Å². The summed E-state index contributed by atoms with van der Waals surface area (Å²) in [6, 6.07) is 63.4. The summed E-state index contributed by atoms with van der Waals surface area (Å²) >= 11 is 16.7. The van der Waals surface area contributed by atoms with Crippen LogP contribution in [0.25, 0.3) is 0 Å². The lowest BCUT2D eigenvalue weighted by Gasteiger charge is -2.40. The molecule has 8 unspecified atom stereocenters. The molecule has 8 aromatic rings. The third kappa shape index (κ3) is 14.8. The number of halogens is 3. The number of aliphatic hydroxyl groups is 2. The smallest absolute Gasteiger partial charge is 0.260 e. The molecule has 3 aliphatic rings. The fourth-order valence-corrected chi connectivity index (χ4v) is 9.98. The highest BCUT2D eigenvalue weighted by molar-refractivity contribution is 8.68. The van der Waals surface area contributed by atoms with E-state index in [1.54, 1.807) is 29.2 Å². The number of fused-ring (bicyclic) bond motifs is 2. The number of benzene rings is 8. The second-order valence-electron chi connectivity index (χ2n) is 18.5. The largest absolute Gasteiger partial charge is 0.508 e. The monoisotopic (exact) mass is 1250 g/mol. The van der Waals surface area contributed by atoms with Gasteiger partial charge in [-0.15, -0.1) is 69.0 Å². The molecule has 1 saturated heterocycles. The Kier molecular flexibility index (Phi) is 23.9. The molecule has 82 heavy (non-hydrogen) atoms. The Morgan fingerprint density at radius 1 is 0.610 bits per heavy atom. The number of hydrogen-bond acceptors (Lipinski definition) is 9. The van der Waals surface area contributed by atoms with Crippen LogP contribution < -0.4 is 19.3 Å². The van der Waals surface area contributed by atoms with E-state index in [1.165, 1.54) is 0 Å². The Bertz CT molecular complexity index is 3210. The van der Waals surface area contributed by atoms with Crippen LogP contribution in [0.4, 0.5) is 11.4 Å². The topological polar surface area (TPSA) is 153 Å². The van der Waals surface area contributed by atoms with Gasteiger partial charge in [-0.2, -0.15) is 0 Å². The Hall–Kier alpha value is -5.14. The minimum atomic E-state index is -1.00. The maximum absolute atomic E-state index is 14.1. The normalized spacial score (nSPS) is 17.5. The quantitative estimate of drug-likeness (QED) is 0.0321. The van der Waals surface area contributed by atoms with Gasteiger partial charge in [0.05, 0.1) is 31.6 Å². The van der Waals surface area contributed by atoms with Crippen LogP contribution in [-0.2, 0) is 15.8 Å². The van der Waals surface area contributed by atoms with Gasteiger partial charge in [0, 0.05) is 22.5 Å². The zero-order valence-electron chi connectivity index (χ0n) is 45.6. The number of alkyl halides is 3. The van der Waals surface area contributed by atoms with Crippen molar-refractivity contribution >= 4 is 108 Å². The first kappa shape index (κ1) is 62.9. The van der Waals surface area contributed by atoms with Crippen LogP contribution in [-0.4, -0.2) is 104 Å². The highest BCUT2D eigenvalue weighted by Gasteiger charge is 2.54. The van der Waals surface area contributed by atoms with E-state index in [9.17, 15) is 30.0 Å². The molecular formula is C62H63BCl3N2O9P5. The summed E-state index contributed by atoms with van der Waals surface area (Å²) in [5.74, 6) is 2.08. The van der Waals surface area contributed by atoms with Crippen molar-refractivity contribution in [1.29, 1.82) is 1.28 Å². The number of phenolic OH excluding ortho intramolecular Hbond substituents is 2. The Balaban J connectivity index is 0.000000201. The molecule has 8 aromatic carbocycles. The number of rotatable bonds is 16. The highest BCUT2D eigenvalue weighted by atomic mass is 35.5. The lowest BCUT2D eigenvalue weighted by Crippen LogP contribution is -2.46. The van der Waals surface area contributed by atoms with E-state index >= 15 is 0 Å². The number of nitrogens with zero attached hydrogens (tertiary/aromatic N) is 2. The summed E-state index contributed by atoms with van der Waals surface area (Å²) in [6.07, 6.45) is -1.14. The molecule has 0 aromatic heterocycles. The number of aliphatic hydroxyl groups excluding tert-OH is 2. The van der Waals surface area contributed by atoms with Gasteiger partial charge in [-0.05, 0) is 118 Å². The van der Waals surface area contributed by atoms with Crippen molar-refractivity contribution in [2.24, 2.45) is 0 Å². The van der Waals surface area contributed by atoms with Crippen molar-refractivity contribution in [3.8, 4) is 23.0 Å². The molecule has 0 bridgehead atoms. The van der Waals surface area contributed by atoms with Gasteiger partial charge in [0.2, 0.25) is 0 Å². The molecule has 4 N–H and O–H groups in total. The van der Waals surface area contributed by atoms with E-state index in [1.807, 2.05) is 194 Å². The van der Waals surface area contributed by atoms with Crippen LogP contribution in [0, 0.1) is 0 Å². The first-order chi connectivity index (χ1) is 40.2. The summed E-state index contributed by atoms with van der Waals surface area (Å²) in [6.45, 7) is 2.85. The van der Waals surface area contributed by atoms with E-state index in [4.69, 9.17) is 57.9 Å². The minimum absolute atomic E-state index is 0.0747. The molecule has 20 heteroatoms. The Labute approximate surface area is 507 Å². The first-order valence-corrected chi connectivity index (χ1v) is 35.0. The van der Waals surface area contributed by atoms with Crippen LogP contribution >= 0.6 is 77.0 Å². The molecular weight excluding hydrogens is 1190 g/mol. The van der Waals surface area contributed by atoms with Gasteiger partial charge < -0.3 is 34.6 Å². The molecule has 0 aliphatic carbocycles. The molecule has 2 radical (unpaired) electrons. The predicted octanol–water partition coefficient (Wildman–Crippen LogP) is 13.5. The first-order valence-electron chi connectivity index (χ1n) is 26.3. The van der Waals surface area contributed by atoms with Gasteiger partial charge in [0.15, 0.2) is 0 Å². The molecule has 11 rings (SSSR count).